The molecule has 1 amide bonds. The van der Waals surface area contributed by atoms with Crippen molar-refractivity contribution in [2.45, 2.75) is 30.3 Å². The van der Waals surface area contributed by atoms with Crippen molar-refractivity contribution in [3.05, 3.63) is 117 Å². The lowest BCUT2D eigenvalue weighted by molar-refractivity contribution is 0.0981. The van der Waals surface area contributed by atoms with Crippen LogP contribution in [0.4, 0.5) is 0 Å². The molecule has 0 radical (unpaired) electrons. The van der Waals surface area contributed by atoms with Crippen molar-refractivity contribution in [1.29, 1.82) is 0 Å². The normalized spacial score (nSPS) is 16.6. The third-order valence-corrected chi connectivity index (χ3v) is 8.34. The Morgan fingerprint density at radius 1 is 0.973 bits per heavy atom. The van der Waals surface area contributed by atoms with Crippen molar-refractivity contribution in [3.8, 4) is 16.9 Å². The standard InChI is InChI=1S/C29H23BrClNO4S/c1-29(17-19-8-11-25(31)12-9-19)18-23-15-21(10-13-27(23)36-29)20-4-2-5-22(14-20)28(33)32-37(34,35)26-7-3-6-24(30)16-26/h2-16H,17-18H2,1H3,(H,32,33)/t29-/m0/s1. The summed E-state index contributed by atoms with van der Waals surface area (Å²) in [6.07, 6.45) is 1.49. The van der Waals surface area contributed by atoms with Crippen LogP contribution in [0.1, 0.15) is 28.4 Å². The van der Waals surface area contributed by atoms with Crippen LogP contribution in [0.3, 0.4) is 0 Å². The van der Waals surface area contributed by atoms with Crippen molar-refractivity contribution in [1.82, 2.24) is 4.72 Å². The lowest BCUT2D eigenvalue weighted by Gasteiger charge is -2.24. The molecule has 4 aromatic carbocycles. The minimum Gasteiger partial charge on any atom is -0.487 e. The Labute approximate surface area is 229 Å². The zero-order valence-corrected chi connectivity index (χ0v) is 23.0. The number of fused-ring (bicyclic) bond motifs is 1. The number of carbonyl (C=O) groups excluding carboxylic acids is 1. The van der Waals surface area contributed by atoms with Gasteiger partial charge in [-0.2, -0.15) is 0 Å². The first-order chi connectivity index (χ1) is 17.6. The number of amides is 1. The van der Waals surface area contributed by atoms with Crippen LogP contribution in [-0.2, 0) is 22.9 Å². The van der Waals surface area contributed by atoms with E-state index in [1.807, 2.05) is 42.5 Å². The molecule has 188 valence electrons. The van der Waals surface area contributed by atoms with E-state index < -0.39 is 15.9 Å². The molecule has 4 aromatic rings. The predicted molar refractivity (Wildman–Crippen MR) is 149 cm³/mol. The van der Waals surface area contributed by atoms with Crippen molar-refractivity contribution in [3.63, 3.8) is 0 Å². The Bertz CT molecular complexity index is 1600. The van der Waals surface area contributed by atoms with E-state index >= 15 is 0 Å². The Hall–Kier alpha value is -3.13. The number of benzene rings is 4. The van der Waals surface area contributed by atoms with Gasteiger partial charge in [0.25, 0.3) is 15.9 Å². The van der Waals surface area contributed by atoms with Crippen LogP contribution >= 0.6 is 27.5 Å². The highest BCUT2D eigenvalue weighted by molar-refractivity contribution is 9.10. The minimum absolute atomic E-state index is 0.00616. The Balaban J connectivity index is 1.34. The van der Waals surface area contributed by atoms with E-state index in [2.05, 4.69) is 33.6 Å². The van der Waals surface area contributed by atoms with Gasteiger partial charge in [-0.05, 0) is 83.8 Å². The maximum Gasteiger partial charge on any atom is 0.265 e. The van der Waals surface area contributed by atoms with Gasteiger partial charge in [-0.3, -0.25) is 4.79 Å². The van der Waals surface area contributed by atoms with Gasteiger partial charge in [-0.15, -0.1) is 0 Å². The average molecular weight is 597 g/mol. The maximum absolute atomic E-state index is 12.8. The van der Waals surface area contributed by atoms with Crippen molar-refractivity contribution in [2.75, 3.05) is 0 Å². The van der Waals surface area contributed by atoms with E-state index in [0.29, 0.717) is 9.50 Å². The maximum atomic E-state index is 12.8. The fraction of sp³-hybridized carbons (Fsp3) is 0.138. The van der Waals surface area contributed by atoms with Gasteiger partial charge in [0.1, 0.15) is 11.4 Å². The first-order valence-corrected chi connectivity index (χ1v) is 14.3. The number of carbonyl (C=O) groups is 1. The van der Waals surface area contributed by atoms with Crippen molar-refractivity contribution in [2.24, 2.45) is 0 Å². The van der Waals surface area contributed by atoms with Gasteiger partial charge in [-0.1, -0.05) is 63.9 Å². The number of halogens is 2. The van der Waals surface area contributed by atoms with Gasteiger partial charge in [0.2, 0.25) is 0 Å². The molecule has 0 unspecified atom stereocenters. The van der Waals surface area contributed by atoms with Crippen LogP contribution < -0.4 is 9.46 Å². The third-order valence-electron chi connectivity index (χ3n) is 6.26. The summed E-state index contributed by atoms with van der Waals surface area (Å²) in [5, 5.41) is 0.704. The highest BCUT2D eigenvalue weighted by Gasteiger charge is 2.35. The molecule has 8 heteroatoms. The molecular weight excluding hydrogens is 574 g/mol. The minimum atomic E-state index is -4.01. The van der Waals surface area contributed by atoms with E-state index in [1.54, 1.807) is 30.3 Å². The molecule has 0 bridgehead atoms. The summed E-state index contributed by atoms with van der Waals surface area (Å²) in [5.41, 5.74) is 3.83. The summed E-state index contributed by atoms with van der Waals surface area (Å²) < 4.78 is 34.5. The van der Waals surface area contributed by atoms with Gasteiger partial charge in [0.05, 0.1) is 4.90 Å². The molecular formula is C29H23BrClNO4S. The van der Waals surface area contributed by atoms with Gasteiger partial charge in [-0.25, -0.2) is 13.1 Å². The second kappa shape index (κ2) is 9.97. The molecule has 1 heterocycles. The molecule has 1 aliphatic heterocycles. The van der Waals surface area contributed by atoms with Crippen LogP contribution in [0.25, 0.3) is 11.1 Å². The van der Waals surface area contributed by atoms with E-state index in [-0.39, 0.29) is 16.1 Å². The predicted octanol–water partition coefficient (Wildman–Crippen LogP) is 6.82. The summed E-state index contributed by atoms with van der Waals surface area (Å²) >= 11 is 9.28. The van der Waals surface area contributed by atoms with Crippen LogP contribution in [-0.4, -0.2) is 19.9 Å². The van der Waals surface area contributed by atoms with Gasteiger partial charge in [0, 0.05) is 27.9 Å². The highest BCUT2D eigenvalue weighted by atomic mass is 79.9. The molecule has 1 N–H and O–H groups in total. The topological polar surface area (TPSA) is 72.5 Å². The van der Waals surface area contributed by atoms with E-state index in [4.69, 9.17) is 16.3 Å². The van der Waals surface area contributed by atoms with Crippen LogP contribution in [0, 0.1) is 0 Å². The van der Waals surface area contributed by atoms with Gasteiger partial charge in [0.15, 0.2) is 0 Å². The number of hydrogen-bond acceptors (Lipinski definition) is 4. The van der Waals surface area contributed by atoms with Crippen LogP contribution in [0.5, 0.6) is 5.75 Å². The first-order valence-electron chi connectivity index (χ1n) is 11.6. The molecule has 0 fully saturated rings. The monoisotopic (exact) mass is 595 g/mol. The zero-order chi connectivity index (χ0) is 26.2. The Kier molecular flexibility index (Phi) is 6.88. The zero-order valence-electron chi connectivity index (χ0n) is 19.9. The summed E-state index contributed by atoms with van der Waals surface area (Å²) in [5.74, 6) is 0.149. The number of rotatable bonds is 6. The SMILES string of the molecule is C[C@]1(Cc2ccc(Cl)cc2)Cc2cc(-c3cccc(C(=O)NS(=O)(=O)c4cccc(Br)c4)c3)ccc2O1. The average Bonchev–Trinajstić information content (AvgIpc) is 3.20. The lowest BCUT2D eigenvalue weighted by Crippen LogP contribution is -2.32. The largest absolute Gasteiger partial charge is 0.487 e. The fourth-order valence-corrected chi connectivity index (χ4v) is 6.24. The molecule has 0 aromatic heterocycles. The molecule has 5 rings (SSSR count). The summed E-state index contributed by atoms with van der Waals surface area (Å²) in [6.45, 7) is 2.10. The number of nitrogens with one attached hydrogen (secondary N) is 1. The smallest absolute Gasteiger partial charge is 0.265 e. The summed E-state index contributed by atoms with van der Waals surface area (Å²) in [4.78, 5) is 12.8. The molecule has 0 saturated carbocycles. The lowest BCUT2D eigenvalue weighted by atomic mass is 9.91. The Morgan fingerprint density at radius 3 is 2.46 bits per heavy atom. The van der Waals surface area contributed by atoms with E-state index in [0.717, 1.165) is 40.8 Å². The first kappa shape index (κ1) is 25.5. The molecule has 0 aliphatic carbocycles. The van der Waals surface area contributed by atoms with Crippen molar-refractivity contribution >= 4 is 43.5 Å². The second-order valence-corrected chi connectivity index (χ2v) is 12.4. The third kappa shape index (κ3) is 5.74. The number of hydrogen-bond donors (Lipinski definition) is 1. The molecule has 1 aliphatic rings. The van der Waals surface area contributed by atoms with Crippen molar-refractivity contribution < 1.29 is 17.9 Å². The highest BCUT2D eigenvalue weighted by Crippen LogP contribution is 2.39. The summed E-state index contributed by atoms with van der Waals surface area (Å²) in [6, 6.07) is 26.9. The quantitative estimate of drug-likeness (QED) is 0.265. The molecule has 0 spiro atoms. The van der Waals surface area contributed by atoms with Crippen LogP contribution in [0.15, 0.2) is 100 Å². The molecule has 37 heavy (non-hydrogen) atoms. The second-order valence-electron chi connectivity index (χ2n) is 9.33. The van der Waals surface area contributed by atoms with E-state index in [1.165, 1.54) is 12.1 Å². The Morgan fingerprint density at radius 2 is 1.70 bits per heavy atom. The number of ether oxygens (including phenoxy) is 1. The van der Waals surface area contributed by atoms with E-state index in [9.17, 15) is 13.2 Å². The van der Waals surface area contributed by atoms with Gasteiger partial charge >= 0.3 is 0 Å². The van der Waals surface area contributed by atoms with Gasteiger partial charge < -0.3 is 4.74 Å². The molecule has 0 saturated heterocycles. The number of sulfonamides is 1. The van der Waals surface area contributed by atoms with Crippen LogP contribution in [0.2, 0.25) is 5.02 Å². The molecule has 1 atom stereocenters. The fourth-order valence-electron chi connectivity index (χ4n) is 4.55. The molecule has 5 nitrogen and oxygen atoms in total. The summed E-state index contributed by atoms with van der Waals surface area (Å²) in [7, 11) is -4.01.